The number of rotatable bonds is 0. The number of hydrogen-bond donors (Lipinski definition) is 0. The summed E-state index contributed by atoms with van der Waals surface area (Å²) in [7, 11) is 0. The molecule has 1 nitrogen and oxygen atoms in total. The van der Waals surface area contributed by atoms with E-state index >= 15 is 0 Å². The summed E-state index contributed by atoms with van der Waals surface area (Å²) >= 11 is -0.0833. The molecule has 0 saturated carbocycles. The summed E-state index contributed by atoms with van der Waals surface area (Å²) in [6, 6.07) is 0. The van der Waals surface area contributed by atoms with Gasteiger partial charge in [0.2, 0.25) is 0 Å². The van der Waals surface area contributed by atoms with Gasteiger partial charge in [0, 0.05) is 35.6 Å². The van der Waals surface area contributed by atoms with Crippen LogP contribution in [-0.4, -0.2) is 0 Å². The first-order valence-electron chi connectivity index (χ1n) is 0.236. The van der Waals surface area contributed by atoms with Crippen molar-refractivity contribution in [2.24, 2.45) is 0 Å². The van der Waals surface area contributed by atoms with Crippen LogP contribution in [0.4, 0.5) is 0 Å². The van der Waals surface area contributed by atoms with E-state index in [0.717, 1.165) is 0 Å². The summed E-state index contributed by atoms with van der Waals surface area (Å²) in [6.07, 6.45) is 0. The van der Waals surface area contributed by atoms with Crippen LogP contribution < -0.4 is 0 Å². The molecule has 0 aliphatic rings. The van der Waals surface area contributed by atoms with Gasteiger partial charge in [-0.2, -0.15) is 0 Å². The van der Waals surface area contributed by atoms with Gasteiger partial charge in [-0.3, -0.25) is 0 Å². The van der Waals surface area contributed by atoms with Gasteiger partial charge in [-0.15, -0.1) is 0 Å². The predicted molar refractivity (Wildman–Crippen MR) is 0.686 cm³/mol. The van der Waals surface area contributed by atoms with E-state index in [1.807, 2.05) is 0 Å². The molecule has 0 heterocycles. The Balaban J connectivity index is -0.00000000500. The zero-order chi connectivity index (χ0) is 2.00. The largest absolute Gasteiger partial charge is 0 e. The molecular formula is CuLaOV. The van der Waals surface area contributed by atoms with Crippen molar-refractivity contribution in [3.8, 4) is 0 Å². The SMILES string of the molecule is [Cu].[O]=[La].[V]. The van der Waals surface area contributed by atoms with E-state index in [1.54, 1.807) is 0 Å². The van der Waals surface area contributed by atoms with Crippen LogP contribution in [0.15, 0.2) is 0 Å². The van der Waals surface area contributed by atoms with Crippen LogP contribution in [0.25, 0.3) is 0 Å². The van der Waals surface area contributed by atoms with Crippen molar-refractivity contribution in [1.82, 2.24) is 0 Å². The Morgan fingerprint density at radius 3 is 1.25 bits per heavy atom. The van der Waals surface area contributed by atoms with Gasteiger partial charge >= 0.3 is 35.5 Å². The minimum atomic E-state index is -0.0833. The van der Waals surface area contributed by atoms with E-state index in [1.165, 1.54) is 0 Å². The summed E-state index contributed by atoms with van der Waals surface area (Å²) < 4.78 is 8.42. The molecule has 0 aliphatic carbocycles. The summed E-state index contributed by atoms with van der Waals surface area (Å²) in [5.41, 5.74) is 0. The van der Waals surface area contributed by atoms with E-state index in [2.05, 4.69) is 0 Å². The molecule has 4 heavy (non-hydrogen) atoms. The molecule has 0 saturated heterocycles. The van der Waals surface area contributed by atoms with Gasteiger partial charge in [0.15, 0.2) is 0 Å². The first kappa shape index (κ1) is 16.5. The Morgan fingerprint density at radius 2 is 1.25 bits per heavy atom. The van der Waals surface area contributed by atoms with E-state index in [0.29, 0.717) is 0 Å². The Labute approximate surface area is 70.0 Å². The van der Waals surface area contributed by atoms with E-state index in [9.17, 15) is 0 Å². The van der Waals surface area contributed by atoms with Crippen molar-refractivity contribution < 1.29 is 71.1 Å². The summed E-state index contributed by atoms with van der Waals surface area (Å²) in [5, 5.41) is 0. The quantitative estimate of drug-likeness (QED) is 0.560. The minimum absolute atomic E-state index is 0. The van der Waals surface area contributed by atoms with Gasteiger partial charge in [0.05, 0.1) is 0 Å². The van der Waals surface area contributed by atoms with Gasteiger partial charge in [0.1, 0.15) is 0 Å². The van der Waals surface area contributed by atoms with E-state index in [-0.39, 0.29) is 69.4 Å². The van der Waals surface area contributed by atoms with Gasteiger partial charge in [-0.05, 0) is 0 Å². The molecule has 0 fully saturated rings. The van der Waals surface area contributed by atoms with Crippen molar-refractivity contribution in [3.05, 3.63) is 0 Å². The maximum absolute atomic E-state index is 8.42. The van der Waals surface area contributed by atoms with Crippen LogP contribution in [0, 0.1) is 33.8 Å². The smallest absolute Gasteiger partial charge is 0 e. The van der Waals surface area contributed by atoms with E-state index in [4.69, 9.17) is 1.70 Å². The molecular weight excluding hydrogens is 269 g/mol. The second-order valence-corrected chi connectivity index (χ2v) is 0. The fraction of sp³-hybridized carbons (Fsp3) is 0. The second kappa shape index (κ2) is 19.4. The zero-order valence-corrected chi connectivity index (χ0v) is 7.70. The summed E-state index contributed by atoms with van der Waals surface area (Å²) in [5.74, 6) is 0. The van der Waals surface area contributed by atoms with Crippen molar-refractivity contribution in [1.29, 1.82) is 0 Å². The zero-order valence-electron chi connectivity index (χ0n) is 1.73. The van der Waals surface area contributed by atoms with Gasteiger partial charge in [-0.1, -0.05) is 0 Å². The Kier molecular flexibility index (Phi) is 80.3. The molecule has 0 bridgehead atoms. The average molecular weight is 269 g/mol. The summed E-state index contributed by atoms with van der Waals surface area (Å²) in [6.45, 7) is 0. The maximum atomic E-state index is 8.42. The van der Waals surface area contributed by atoms with Crippen molar-refractivity contribution >= 4 is 0 Å². The standard InChI is InChI=1S/Cu.La.O.V. The maximum Gasteiger partial charge on any atom is 0 e. The molecule has 0 spiro atoms. The van der Waals surface area contributed by atoms with Gasteiger partial charge < -0.3 is 0 Å². The monoisotopic (exact) mass is 269 g/mol. The van der Waals surface area contributed by atoms with E-state index < -0.39 is 0 Å². The fourth-order valence-corrected chi connectivity index (χ4v) is 0. The predicted octanol–water partition coefficient (Wildman–Crippen LogP) is -0.124. The molecule has 0 amide bonds. The van der Waals surface area contributed by atoms with Crippen molar-refractivity contribution in [2.75, 3.05) is 0 Å². The first-order valence-corrected chi connectivity index (χ1v) is 1.72. The molecule has 0 rings (SSSR count). The molecule has 0 N–H and O–H groups in total. The van der Waals surface area contributed by atoms with Crippen LogP contribution >= 0.6 is 0 Å². The molecule has 4 heteroatoms. The van der Waals surface area contributed by atoms with Crippen LogP contribution in [0.3, 0.4) is 0 Å². The van der Waals surface area contributed by atoms with Gasteiger partial charge in [0.25, 0.3) is 0 Å². The van der Waals surface area contributed by atoms with Crippen molar-refractivity contribution in [2.45, 2.75) is 0 Å². The van der Waals surface area contributed by atoms with Crippen LogP contribution in [-0.2, 0) is 37.3 Å². The molecule has 2 radical (unpaired) electrons. The molecule has 25 valence electrons. The van der Waals surface area contributed by atoms with Crippen LogP contribution in [0.1, 0.15) is 0 Å². The third kappa shape index (κ3) is 8.94. The second-order valence-electron chi connectivity index (χ2n) is 0. The fourth-order valence-electron chi connectivity index (χ4n) is 0. The van der Waals surface area contributed by atoms with Crippen LogP contribution in [0.5, 0.6) is 0 Å². The normalized spacial score (nSPS) is 1.50. The molecule has 0 aromatic rings. The molecule has 0 aromatic carbocycles. The third-order valence-electron chi connectivity index (χ3n) is 0. The average Bonchev–Trinajstić information content (AvgIpc) is 1.00. The first-order chi connectivity index (χ1) is 1.00. The minimum Gasteiger partial charge on any atom is 0 e. The van der Waals surface area contributed by atoms with Gasteiger partial charge in [-0.25, -0.2) is 0 Å². The van der Waals surface area contributed by atoms with Crippen LogP contribution in [0.2, 0.25) is 0 Å². The number of hydrogen-bond acceptors (Lipinski definition) is 1. The third-order valence-corrected chi connectivity index (χ3v) is 0. The molecule has 0 unspecified atom stereocenters. The summed E-state index contributed by atoms with van der Waals surface area (Å²) in [4.78, 5) is 0. The molecule has 0 aromatic heterocycles. The Bertz CT molecular complexity index is 8.00. The molecule has 0 aliphatic heterocycles. The topological polar surface area (TPSA) is 17.1 Å². The van der Waals surface area contributed by atoms with Crippen molar-refractivity contribution in [3.63, 3.8) is 0 Å². The molecule has 0 atom stereocenters. The Morgan fingerprint density at radius 1 is 1.25 bits per heavy atom. The Hall–Kier alpha value is 2.10.